The fourth-order valence-electron chi connectivity index (χ4n) is 3.25. The molecule has 31 heavy (non-hydrogen) atoms. The third-order valence-electron chi connectivity index (χ3n) is 4.91. The summed E-state index contributed by atoms with van der Waals surface area (Å²) in [6.45, 7) is 5.76. The monoisotopic (exact) mass is 421 g/mol. The van der Waals surface area contributed by atoms with Crippen LogP contribution in [-0.4, -0.2) is 31.0 Å². The maximum absolute atomic E-state index is 13.1. The molecule has 0 spiro atoms. The number of amides is 2. The van der Waals surface area contributed by atoms with E-state index in [1.165, 1.54) is 0 Å². The van der Waals surface area contributed by atoms with Crippen LogP contribution < -0.4 is 20.1 Å². The van der Waals surface area contributed by atoms with Gasteiger partial charge in [0.1, 0.15) is 0 Å². The van der Waals surface area contributed by atoms with Gasteiger partial charge >= 0.3 is 0 Å². The molecular formula is C24H27N3O4. The molecule has 0 radical (unpaired) electrons. The lowest BCUT2D eigenvalue weighted by Crippen LogP contribution is -2.24. The Morgan fingerprint density at radius 1 is 1.06 bits per heavy atom. The highest BCUT2D eigenvalue weighted by atomic mass is 16.5. The molecule has 7 nitrogen and oxygen atoms in total. The smallest absolute Gasteiger partial charge is 0.252 e. The lowest BCUT2D eigenvalue weighted by Gasteiger charge is -2.15. The van der Waals surface area contributed by atoms with Crippen LogP contribution in [0, 0.1) is 12.8 Å². The van der Waals surface area contributed by atoms with E-state index in [0.29, 0.717) is 33.7 Å². The van der Waals surface area contributed by atoms with Crippen molar-refractivity contribution in [3.8, 4) is 11.5 Å². The number of nitrogens with zero attached hydrogens (tertiary/aromatic N) is 1. The van der Waals surface area contributed by atoms with Gasteiger partial charge in [0.05, 0.1) is 25.3 Å². The quantitative estimate of drug-likeness (QED) is 0.600. The Bertz CT molecular complexity index is 1130. The standard InChI is InChI=1S/C24H27N3O4/c1-14(2)23(28)27-17-11-19(18-10-9-15(3)26-20(18)12-17)24(29)25-13-16-7-6-8-21(30-4)22(16)31-5/h6-12,14H,13H2,1-5H3,(H,25,29)(H,27,28). The van der Waals surface area contributed by atoms with Gasteiger partial charge in [-0.25, -0.2) is 0 Å². The molecule has 162 valence electrons. The third-order valence-corrected chi connectivity index (χ3v) is 4.91. The molecule has 0 aliphatic heterocycles. The van der Waals surface area contributed by atoms with Crippen molar-refractivity contribution in [1.29, 1.82) is 0 Å². The van der Waals surface area contributed by atoms with Gasteiger partial charge in [0.2, 0.25) is 5.91 Å². The molecule has 0 saturated heterocycles. The summed E-state index contributed by atoms with van der Waals surface area (Å²) in [5.41, 5.74) is 3.23. The van der Waals surface area contributed by atoms with Crippen molar-refractivity contribution in [1.82, 2.24) is 10.3 Å². The first-order chi connectivity index (χ1) is 14.8. The van der Waals surface area contributed by atoms with Gasteiger partial charge in [-0.2, -0.15) is 0 Å². The Morgan fingerprint density at radius 3 is 2.52 bits per heavy atom. The van der Waals surface area contributed by atoms with Crippen LogP contribution in [0.2, 0.25) is 0 Å². The number of carbonyl (C=O) groups is 2. The van der Waals surface area contributed by atoms with Crippen molar-refractivity contribution in [3.05, 3.63) is 59.3 Å². The van der Waals surface area contributed by atoms with E-state index < -0.39 is 0 Å². The van der Waals surface area contributed by atoms with Crippen molar-refractivity contribution in [3.63, 3.8) is 0 Å². The van der Waals surface area contributed by atoms with Crippen LogP contribution in [-0.2, 0) is 11.3 Å². The van der Waals surface area contributed by atoms with Crippen molar-refractivity contribution in [2.24, 2.45) is 5.92 Å². The Hall–Kier alpha value is -3.61. The van der Waals surface area contributed by atoms with Crippen molar-refractivity contribution < 1.29 is 19.1 Å². The highest BCUT2D eigenvalue weighted by Gasteiger charge is 2.16. The number of para-hydroxylation sites is 1. The largest absolute Gasteiger partial charge is 0.493 e. The number of ether oxygens (including phenoxy) is 2. The number of anilines is 1. The second kappa shape index (κ2) is 9.47. The molecule has 0 unspecified atom stereocenters. The molecule has 1 heterocycles. The van der Waals surface area contributed by atoms with Crippen LogP contribution in [0.3, 0.4) is 0 Å². The Balaban J connectivity index is 1.93. The first-order valence-corrected chi connectivity index (χ1v) is 10.0. The average Bonchev–Trinajstić information content (AvgIpc) is 2.75. The van der Waals surface area contributed by atoms with E-state index in [0.717, 1.165) is 11.3 Å². The van der Waals surface area contributed by atoms with Gasteiger partial charge in [0, 0.05) is 34.8 Å². The number of methoxy groups -OCH3 is 2. The van der Waals surface area contributed by atoms with E-state index >= 15 is 0 Å². The minimum absolute atomic E-state index is 0.125. The summed E-state index contributed by atoms with van der Waals surface area (Å²) in [6.07, 6.45) is 0. The normalized spacial score (nSPS) is 10.8. The molecule has 0 bridgehead atoms. The van der Waals surface area contributed by atoms with Crippen molar-refractivity contribution in [2.45, 2.75) is 27.3 Å². The third kappa shape index (κ3) is 4.94. The van der Waals surface area contributed by atoms with Gasteiger partial charge in [-0.15, -0.1) is 0 Å². The number of pyridine rings is 1. The molecule has 2 N–H and O–H groups in total. The molecule has 1 aromatic heterocycles. The van der Waals surface area contributed by atoms with Gasteiger partial charge < -0.3 is 20.1 Å². The number of hydrogen-bond acceptors (Lipinski definition) is 5. The number of aryl methyl sites for hydroxylation is 1. The predicted molar refractivity (Wildman–Crippen MR) is 121 cm³/mol. The van der Waals surface area contributed by atoms with Crippen LogP contribution in [0.4, 0.5) is 5.69 Å². The zero-order valence-corrected chi connectivity index (χ0v) is 18.4. The maximum Gasteiger partial charge on any atom is 0.252 e. The molecule has 3 rings (SSSR count). The van der Waals surface area contributed by atoms with E-state index in [-0.39, 0.29) is 24.3 Å². The summed E-state index contributed by atoms with van der Waals surface area (Å²) in [5, 5.41) is 6.51. The maximum atomic E-state index is 13.1. The number of carbonyl (C=O) groups excluding carboxylic acids is 2. The molecule has 3 aromatic rings. The molecule has 0 atom stereocenters. The summed E-state index contributed by atoms with van der Waals surface area (Å²) in [6, 6.07) is 12.7. The van der Waals surface area contributed by atoms with Crippen LogP contribution in [0.25, 0.3) is 10.9 Å². The summed E-state index contributed by atoms with van der Waals surface area (Å²) in [4.78, 5) is 29.8. The zero-order valence-electron chi connectivity index (χ0n) is 18.4. The Kier molecular flexibility index (Phi) is 6.74. The fraction of sp³-hybridized carbons (Fsp3) is 0.292. The first-order valence-electron chi connectivity index (χ1n) is 10.0. The van der Waals surface area contributed by atoms with Crippen LogP contribution in [0.1, 0.15) is 35.5 Å². The highest BCUT2D eigenvalue weighted by molar-refractivity contribution is 6.08. The molecular weight excluding hydrogens is 394 g/mol. The van der Waals surface area contributed by atoms with Crippen molar-refractivity contribution in [2.75, 3.05) is 19.5 Å². The first kappa shape index (κ1) is 22.1. The van der Waals surface area contributed by atoms with Crippen LogP contribution >= 0.6 is 0 Å². The number of benzene rings is 2. The number of nitrogens with one attached hydrogen (secondary N) is 2. The summed E-state index contributed by atoms with van der Waals surface area (Å²) in [7, 11) is 3.13. The minimum atomic E-state index is -0.277. The SMILES string of the molecule is COc1cccc(CNC(=O)c2cc(NC(=O)C(C)C)cc3nc(C)ccc23)c1OC. The van der Waals surface area contributed by atoms with Gasteiger partial charge in [-0.3, -0.25) is 14.6 Å². The molecule has 0 aliphatic carbocycles. The Morgan fingerprint density at radius 2 is 1.84 bits per heavy atom. The lowest BCUT2D eigenvalue weighted by molar-refractivity contribution is -0.118. The summed E-state index contributed by atoms with van der Waals surface area (Å²) in [5.74, 6) is 0.586. The fourth-order valence-corrected chi connectivity index (χ4v) is 3.25. The second-order valence-electron chi connectivity index (χ2n) is 7.52. The lowest BCUT2D eigenvalue weighted by atomic mass is 10.0. The number of aromatic nitrogens is 1. The zero-order chi connectivity index (χ0) is 22.5. The number of hydrogen-bond donors (Lipinski definition) is 2. The molecule has 0 saturated carbocycles. The highest BCUT2D eigenvalue weighted by Crippen LogP contribution is 2.31. The van der Waals surface area contributed by atoms with E-state index in [4.69, 9.17) is 9.47 Å². The average molecular weight is 421 g/mol. The summed E-state index contributed by atoms with van der Waals surface area (Å²) < 4.78 is 10.8. The van der Waals surface area contributed by atoms with E-state index in [1.54, 1.807) is 32.4 Å². The van der Waals surface area contributed by atoms with E-state index in [2.05, 4.69) is 15.6 Å². The second-order valence-corrected chi connectivity index (χ2v) is 7.52. The molecule has 7 heteroatoms. The number of fused-ring (bicyclic) bond motifs is 1. The van der Waals surface area contributed by atoms with Crippen molar-refractivity contribution >= 4 is 28.4 Å². The molecule has 0 aliphatic rings. The minimum Gasteiger partial charge on any atom is -0.493 e. The molecule has 2 amide bonds. The van der Waals surface area contributed by atoms with Gasteiger partial charge in [0.15, 0.2) is 11.5 Å². The van der Waals surface area contributed by atoms with Gasteiger partial charge in [-0.05, 0) is 31.2 Å². The Labute approximate surface area is 181 Å². The van der Waals surface area contributed by atoms with Crippen LogP contribution in [0.5, 0.6) is 11.5 Å². The van der Waals surface area contributed by atoms with E-state index in [9.17, 15) is 9.59 Å². The molecule has 0 fully saturated rings. The van der Waals surface area contributed by atoms with Gasteiger partial charge in [-0.1, -0.05) is 32.0 Å². The topological polar surface area (TPSA) is 89.6 Å². The van der Waals surface area contributed by atoms with Gasteiger partial charge in [0.25, 0.3) is 5.91 Å². The predicted octanol–water partition coefficient (Wildman–Crippen LogP) is 4.08. The summed E-state index contributed by atoms with van der Waals surface area (Å²) >= 11 is 0. The number of rotatable bonds is 7. The van der Waals surface area contributed by atoms with E-state index in [1.807, 2.05) is 45.0 Å². The van der Waals surface area contributed by atoms with Crippen LogP contribution in [0.15, 0.2) is 42.5 Å². The molecule has 2 aromatic carbocycles.